The first-order valence-electron chi connectivity index (χ1n) is 11.7. The Kier molecular flexibility index (Phi) is 7.82. The van der Waals surface area contributed by atoms with Gasteiger partial charge in [-0.3, -0.25) is 9.78 Å². The van der Waals surface area contributed by atoms with E-state index in [0.29, 0.717) is 22.8 Å². The maximum atomic E-state index is 13.9. The normalized spacial score (nSPS) is 11.9. The lowest BCUT2D eigenvalue weighted by Gasteiger charge is -2.13. The van der Waals surface area contributed by atoms with E-state index in [1.165, 1.54) is 57.7 Å². The minimum absolute atomic E-state index is 0.00270. The number of hydrogen-bond acceptors (Lipinski definition) is 7. The van der Waals surface area contributed by atoms with Crippen molar-refractivity contribution in [2.24, 2.45) is 0 Å². The number of carbonyl (C=O) groups excluding carboxylic acids is 1. The average molecular weight is 563 g/mol. The van der Waals surface area contributed by atoms with Crippen LogP contribution in [0.25, 0.3) is 11.0 Å². The molecule has 0 atom stereocenters. The first-order valence-corrected chi connectivity index (χ1v) is 13.4. The predicted octanol–water partition coefficient (Wildman–Crippen LogP) is 4.24. The number of nitrogens with one attached hydrogen (secondary N) is 1. The highest BCUT2D eigenvalue weighted by molar-refractivity contribution is 7.91. The van der Waals surface area contributed by atoms with E-state index >= 15 is 0 Å². The summed E-state index contributed by atoms with van der Waals surface area (Å²) in [6.07, 6.45) is -3.52. The zero-order valence-corrected chi connectivity index (χ0v) is 22.1. The molecule has 0 radical (unpaired) electrons. The summed E-state index contributed by atoms with van der Waals surface area (Å²) in [5, 5.41) is 2.63. The molecule has 2 aromatic heterocycles. The van der Waals surface area contributed by atoms with Gasteiger partial charge in [0.2, 0.25) is 5.82 Å². The molecule has 0 unspecified atom stereocenters. The van der Waals surface area contributed by atoms with Crippen LogP contribution >= 0.6 is 0 Å². The van der Waals surface area contributed by atoms with Crippen LogP contribution in [0.4, 0.5) is 13.2 Å². The first-order chi connectivity index (χ1) is 18.4. The van der Waals surface area contributed by atoms with Crippen LogP contribution in [0.5, 0.6) is 11.5 Å². The Labute approximate surface area is 222 Å². The Bertz CT molecular complexity index is 1600. The molecule has 206 valence electrons. The number of ether oxygens (including phenoxy) is 2. The second-order valence-electron chi connectivity index (χ2n) is 8.52. The van der Waals surface area contributed by atoms with Crippen LogP contribution in [0.2, 0.25) is 0 Å². The van der Waals surface area contributed by atoms with Gasteiger partial charge in [-0.25, -0.2) is 13.4 Å². The second-order valence-corrected chi connectivity index (χ2v) is 10.8. The smallest absolute Gasteiger partial charge is 0.449 e. The van der Waals surface area contributed by atoms with E-state index < -0.39 is 27.7 Å². The fourth-order valence-corrected chi connectivity index (χ4v) is 4.75. The molecule has 0 aliphatic rings. The zero-order valence-electron chi connectivity index (χ0n) is 21.2. The molecule has 4 rings (SSSR count). The number of methoxy groups -OCH3 is 2. The molecule has 0 aliphatic heterocycles. The Morgan fingerprint density at radius 1 is 1.03 bits per heavy atom. The van der Waals surface area contributed by atoms with Gasteiger partial charge in [-0.05, 0) is 48.0 Å². The highest BCUT2D eigenvalue weighted by Gasteiger charge is 2.37. The number of aromatic nitrogens is 3. The number of pyridine rings is 1. The van der Waals surface area contributed by atoms with Crippen LogP contribution in [0.1, 0.15) is 34.4 Å². The highest BCUT2D eigenvalue weighted by Crippen LogP contribution is 2.33. The number of halogens is 3. The summed E-state index contributed by atoms with van der Waals surface area (Å²) in [5.74, 6) is -0.866. The Morgan fingerprint density at radius 2 is 1.72 bits per heavy atom. The molecule has 0 spiro atoms. The SMILES string of the molecule is CCS(=O)(=O)c1ccc(CNC(=O)c2ccc3c(c2)nc(C(F)(F)F)n3Cc2cc(OC)cc(OC)c2)nc1. The summed E-state index contributed by atoms with van der Waals surface area (Å²) >= 11 is 0. The molecule has 0 aliphatic carbocycles. The van der Waals surface area contributed by atoms with Crippen LogP contribution in [-0.4, -0.2) is 48.8 Å². The van der Waals surface area contributed by atoms with Crippen LogP contribution in [0.3, 0.4) is 0 Å². The van der Waals surface area contributed by atoms with Crippen molar-refractivity contribution in [3.63, 3.8) is 0 Å². The monoisotopic (exact) mass is 562 g/mol. The van der Waals surface area contributed by atoms with E-state index in [2.05, 4.69) is 15.3 Å². The van der Waals surface area contributed by atoms with E-state index in [9.17, 15) is 26.4 Å². The summed E-state index contributed by atoms with van der Waals surface area (Å²) < 4.78 is 77.1. The van der Waals surface area contributed by atoms with Crippen molar-refractivity contribution < 1.29 is 35.9 Å². The van der Waals surface area contributed by atoms with Crippen LogP contribution in [0.15, 0.2) is 59.6 Å². The molecule has 2 heterocycles. The van der Waals surface area contributed by atoms with Crippen LogP contribution in [0, 0.1) is 0 Å². The van der Waals surface area contributed by atoms with E-state index in [1.54, 1.807) is 18.2 Å². The van der Waals surface area contributed by atoms with Crippen LogP contribution in [-0.2, 0) is 29.1 Å². The minimum Gasteiger partial charge on any atom is -0.497 e. The molecule has 13 heteroatoms. The molecule has 2 aromatic carbocycles. The number of imidazole rings is 1. The molecule has 1 amide bonds. The Balaban J connectivity index is 1.59. The first kappa shape index (κ1) is 27.9. The van der Waals surface area contributed by atoms with Gasteiger partial charge in [0.1, 0.15) is 11.5 Å². The lowest BCUT2D eigenvalue weighted by atomic mass is 10.1. The van der Waals surface area contributed by atoms with Crippen LogP contribution < -0.4 is 14.8 Å². The molecule has 4 aromatic rings. The van der Waals surface area contributed by atoms with Crippen molar-refractivity contribution >= 4 is 26.8 Å². The van der Waals surface area contributed by atoms with E-state index in [1.807, 2.05) is 0 Å². The molecule has 0 fully saturated rings. The largest absolute Gasteiger partial charge is 0.497 e. The number of alkyl halides is 3. The van der Waals surface area contributed by atoms with E-state index in [-0.39, 0.29) is 40.3 Å². The number of nitrogens with zero attached hydrogens (tertiary/aromatic N) is 3. The van der Waals surface area contributed by atoms with Gasteiger partial charge < -0.3 is 19.4 Å². The number of fused-ring (bicyclic) bond motifs is 1. The van der Waals surface area contributed by atoms with Gasteiger partial charge in [-0.2, -0.15) is 13.2 Å². The van der Waals surface area contributed by atoms with E-state index in [0.717, 1.165) is 4.57 Å². The summed E-state index contributed by atoms with van der Waals surface area (Å²) in [6.45, 7) is 1.35. The van der Waals surface area contributed by atoms with Crippen molar-refractivity contribution in [1.29, 1.82) is 0 Å². The van der Waals surface area contributed by atoms with Gasteiger partial charge in [0.05, 0.1) is 48.1 Å². The molecule has 0 bridgehead atoms. The van der Waals surface area contributed by atoms with E-state index in [4.69, 9.17) is 9.47 Å². The number of sulfone groups is 1. The third kappa shape index (κ3) is 6.14. The van der Waals surface area contributed by atoms with Gasteiger partial charge in [-0.1, -0.05) is 6.92 Å². The molecule has 9 nitrogen and oxygen atoms in total. The molecule has 39 heavy (non-hydrogen) atoms. The number of carbonyl (C=O) groups is 1. The van der Waals surface area contributed by atoms with Crippen molar-refractivity contribution in [2.45, 2.75) is 31.1 Å². The average Bonchev–Trinajstić information content (AvgIpc) is 3.29. The third-order valence-corrected chi connectivity index (χ3v) is 7.70. The predicted molar refractivity (Wildman–Crippen MR) is 137 cm³/mol. The summed E-state index contributed by atoms with van der Waals surface area (Å²) in [7, 11) is -0.510. The lowest BCUT2D eigenvalue weighted by Crippen LogP contribution is -2.23. The fraction of sp³-hybridized carbons (Fsp3) is 0.269. The van der Waals surface area contributed by atoms with Crippen molar-refractivity contribution in [3.05, 3.63) is 77.4 Å². The summed E-state index contributed by atoms with van der Waals surface area (Å²) in [5.41, 5.74) is 1.21. The number of benzene rings is 2. The molecular weight excluding hydrogens is 537 g/mol. The van der Waals surface area contributed by atoms with Gasteiger partial charge in [0.15, 0.2) is 9.84 Å². The van der Waals surface area contributed by atoms with Crippen molar-refractivity contribution in [1.82, 2.24) is 19.9 Å². The van der Waals surface area contributed by atoms with Gasteiger partial charge in [0, 0.05) is 24.4 Å². The van der Waals surface area contributed by atoms with Gasteiger partial charge >= 0.3 is 6.18 Å². The van der Waals surface area contributed by atoms with Gasteiger partial charge in [-0.15, -0.1) is 0 Å². The standard InChI is InChI=1S/C26H25F3N4O5S/c1-4-39(35,36)21-7-6-18(30-14-21)13-31-24(34)17-5-8-23-22(11-17)32-25(26(27,28)29)33(23)15-16-9-19(37-2)12-20(10-16)38-3/h5-12,14H,4,13,15H2,1-3H3,(H,31,34). The quantitative estimate of drug-likeness (QED) is 0.325. The Hall–Kier alpha value is -4.13. The minimum atomic E-state index is -4.74. The third-order valence-electron chi connectivity index (χ3n) is 5.98. The number of hydrogen-bond donors (Lipinski definition) is 1. The summed E-state index contributed by atoms with van der Waals surface area (Å²) in [6, 6.07) is 11.8. The topological polar surface area (TPSA) is 112 Å². The lowest BCUT2D eigenvalue weighted by molar-refractivity contribution is -0.146. The highest BCUT2D eigenvalue weighted by atomic mass is 32.2. The molecule has 1 N–H and O–H groups in total. The molecule has 0 saturated heterocycles. The summed E-state index contributed by atoms with van der Waals surface area (Å²) in [4.78, 5) is 20.7. The maximum absolute atomic E-state index is 13.9. The fourth-order valence-electron chi connectivity index (χ4n) is 3.93. The maximum Gasteiger partial charge on any atom is 0.449 e. The second kappa shape index (κ2) is 10.9. The van der Waals surface area contributed by atoms with Gasteiger partial charge in [0.25, 0.3) is 5.91 Å². The van der Waals surface area contributed by atoms with Crippen molar-refractivity contribution in [2.75, 3.05) is 20.0 Å². The molecule has 0 saturated carbocycles. The number of rotatable bonds is 9. The zero-order chi connectivity index (χ0) is 28.4. The van der Waals surface area contributed by atoms with Crippen molar-refractivity contribution in [3.8, 4) is 11.5 Å². The number of amides is 1. The Morgan fingerprint density at radius 3 is 2.28 bits per heavy atom. The molecular formula is C26H25F3N4O5S.